The van der Waals surface area contributed by atoms with Crippen LogP contribution in [0.15, 0.2) is 11.6 Å². The third kappa shape index (κ3) is 5.15. The van der Waals surface area contributed by atoms with Gasteiger partial charge >= 0.3 is 0 Å². The van der Waals surface area contributed by atoms with Gasteiger partial charge in [0.2, 0.25) is 0 Å². The summed E-state index contributed by atoms with van der Waals surface area (Å²) in [5.74, 6) is 0.871. The lowest BCUT2D eigenvalue weighted by Gasteiger charge is -2.11. The monoisotopic (exact) mass is 180 g/mol. The number of aliphatic hydroxyl groups is 1. The third-order valence-corrected chi connectivity index (χ3v) is 2.71. The minimum Gasteiger partial charge on any atom is -0.392 e. The predicted octanol–water partition coefficient (Wildman–Crippen LogP) is 2.24. The molecular formula is C7H13ClOS. The molecule has 0 heterocycles. The molecule has 10 heavy (non-hydrogen) atoms. The first kappa shape index (κ1) is 10.3. The molecule has 0 aromatic rings. The van der Waals surface area contributed by atoms with E-state index in [1.54, 1.807) is 18.7 Å². The Morgan fingerprint density at radius 2 is 2.20 bits per heavy atom. The van der Waals surface area contributed by atoms with E-state index in [1.807, 2.05) is 13.0 Å². The van der Waals surface area contributed by atoms with Crippen LogP contribution < -0.4 is 0 Å². The van der Waals surface area contributed by atoms with Gasteiger partial charge in [-0.3, -0.25) is 0 Å². The van der Waals surface area contributed by atoms with Gasteiger partial charge < -0.3 is 5.11 Å². The Balaban J connectivity index is 3.30. The maximum absolute atomic E-state index is 9.04. The Bertz CT molecular complexity index is 104. The number of hydrogen-bond acceptors (Lipinski definition) is 2. The van der Waals surface area contributed by atoms with E-state index in [9.17, 15) is 0 Å². The second-order valence-electron chi connectivity index (χ2n) is 2.14. The van der Waals surface area contributed by atoms with E-state index in [4.69, 9.17) is 16.7 Å². The fourth-order valence-electron chi connectivity index (χ4n) is 0.383. The summed E-state index contributed by atoms with van der Waals surface area (Å²) < 4.78 is 0. The van der Waals surface area contributed by atoms with Crippen LogP contribution >= 0.6 is 23.4 Å². The van der Waals surface area contributed by atoms with Gasteiger partial charge in [-0.2, -0.15) is 11.8 Å². The van der Waals surface area contributed by atoms with Crippen molar-refractivity contribution in [2.24, 2.45) is 0 Å². The Hall–Kier alpha value is 0.340. The summed E-state index contributed by atoms with van der Waals surface area (Å²) in [6, 6.07) is 0. The molecule has 3 heteroatoms. The van der Waals surface area contributed by atoms with Crippen molar-refractivity contribution >= 4 is 23.4 Å². The zero-order chi connectivity index (χ0) is 7.98. The molecule has 0 saturated heterocycles. The van der Waals surface area contributed by atoms with Crippen LogP contribution in [0, 0.1) is 0 Å². The fraction of sp³-hybridized carbons (Fsp3) is 0.714. The molecule has 0 rings (SSSR count). The minimum atomic E-state index is -0.242. The van der Waals surface area contributed by atoms with Crippen LogP contribution in [0.2, 0.25) is 0 Å². The summed E-state index contributed by atoms with van der Waals surface area (Å²) >= 11 is 7.00. The largest absolute Gasteiger partial charge is 0.392 e. The molecule has 0 aliphatic heterocycles. The van der Waals surface area contributed by atoms with Gasteiger partial charge in [0, 0.05) is 16.5 Å². The molecule has 2 atom stereocenters. The van der Waals surface area contributed by atoms with Crippen LogP contribution in [0.5, 0.6) is 0 Å². The first-order chi connectivity index (χ1) is 4.68. The van der Waals surface area contributed by atoms with Crippen molar-refractivity contribution in [2.45, 2.75) is 25.2 Å². The lowest BCUT2D eigenvalue weighted by atomic mass is 10.3. The highest BCUT2D eigenvalue weighted by Gasteiger charge is 2.06. The number of aliphatic hydroxyl groups excluding tert-OH is 1. The maximum Gasteiger partial charge on any atom is 0.0628 e. The van der Waals surface area contributed by atoms with E-state index in [0.29, 0.717) is 0 Å². The molecular weight excluding hydrogens is 168 g/mol. The van der Waals surface area contributed by atoms with Crippen LogP contribution in [0.1, 0.15) is 13.8 Å². The minimum absolute atomic E-state index is 0.242. The lowest BCUT2D eigenvalue weighted by Crippen LogP contribution is -2.15. The molecule has 0 aliphatic rings. The molecule has 0 saturated carbocycles. The average Bonchev–Trinajstić information content (AvgIpc) is 1.88. The van der Waals surface area contributed by atoms with Crippen LogP contribution in [0.25, 0.3) is 0 Å². The zero-order valence-corrected chi connectivity index (χ0v) is 7.82. The molecule has 60 valence electrons. The van der Waals surface area contributed by atoms with E-state index in [0.717, 1.165) is 5.75 Å². The highest BCUT2D eigenvalue weighted by atomic mass is 35.5. The highest BCUT2D eigenvalue weighted by molar-refractivity contribution is 8.00. The van der Waals surface area contributed by atoms with Crippen molar-refractivity contribution in [1.29, 1.82) is 0 Å². The molecule has 0 aromatic carbocycles. The third-order valence-electron chi connectivity index (χ3n) is 1.22. The summed E-state index contributed by atoms with van der Waals surface area (Å²) in [5.41, 5.74) is 1.50. The second kappa shape index (κ2) is 6.08. The van der Waals surface area contributed by atoms with Gasteiger partial charge in [-0.1, -0.05) is 24.6 Å². The van der Waals surface area contributed by atoms with Gasteiger partial charge in [-0.05, 0) is 6.92 Å². The molecule has 0 radical (unpaired) electrons. The average molecular weight is 181 g/mol. The van der Waals surface area contributed by atoms with E-state index in [1.165, 1.54) is 5.54 Å². The Kier molecular flexibility index (Phi) is 6.28. The molecule has 0 aromatic heterocycles. The van der Waals surface area contributed by atoms with E-state index < -0.39 is 0 Å². The topological polar surface area (TPSA) is 20.2 Å². The first-order valence-corrected chi connectivity index (χ1v) is 4.72. The molecule has 2 unspecified atom stereocenters. The van der Waals surface area contributed by atoms with Crippen LogP contribution in [-0.4, -0.2) is 22.2 Å². The van der Waals surface area contributed by atoms with Crippen molar-refractivity contribution in [3.8, 4) is 0 Å². The maximum atomic E-state index is 9.04. The van der Waals surface area contributed by atoms with Crippen LogP contribution in [-0.2, 0) is 0 Å². The Labute approximate surface area is 71.5 Å². The SMILES string of the molecule is CC(O)C(C)SC/C=C/Cl. The van der Waals surface area contributed by atoms with Gasteiger partial charge in [0.05, 0.1) is 6.10 Å². The van der Waals surface area contributed by atoms with Crippen LogP contribution in [0.3, 0.4) is 0 Å². The van der Waals surface area contributed by atoms with E-state index in [2.05, 4.69) is 0 Å². The van der Waals surface area contributed by atoms with Gasteiger partial charge in [0.15, 0.2) is 0 Å². The molecule has 0 bridgehead atoms. The predicted molar refractivity (Wildman–Crippen MR) is 48.6 cm³/mol. The number of halogens is 1. The van der Waals surface area contributed by atoms with Crippen LogP contribution in [0.4, 0.5) is 0 Å². The Morgan fingerprint density at radius 1 is 1.60 bits per heavy atom. The zero-order valence-electron chi connectivity index (χ0n) is 6.25. The smallest absolute Gasteiger partial charge is 0.0628 e. The van der Waals surface area contributed by atoms with Crippen molar-refractivity contribution in [3.05, 3.63) is 11.6 Å². The van der Waals surface area contributed by atoms with Gasteiger partial charge in [-0.25, -0.2) is 0 Å². The van der Waals surface area contributed by atoms with E-state index in [-0.39, 0.29) is 11.4 Å². The summed E-state index contributed by atoms with van der Waals surface area (Å²) in [5, 5.41) is 9.33. The standard InChI is InChI=1S/C7H13ClOS/c1-6(9)7(2)10-5-3-4-8/h3-4,6-7,9H,5H2,1-2H3/b4-3+. The molecule has 0 aliphatic carbocycles. The molecule has 1 N–H and O–H groups in total. The van der Waals surface area contributed by atoms with Gasteiger partial charge in [0.25, 0.3) is 0 Å². The van der Waals surface area contributed by atoms with Crippen molar-refractivity contribution < 1.29 is 5.11 Å². The summed E-state index contributed by atoms with van der Waals surface area (Å²) in [6.45, 7) is 3.79. The molecule has 0 amide bonds. The Morgan fingerprint density at radius 3 is 2.60 bits per heavy atom. The van der Waals surface area contributed by atoms with Crippen molar-refractivity contribution in [3.63, 3.8) is 0 Å². The molecule has 1 nitrogen and oxygen atoms in total. The number of rotatable bonds is 4. The molecule has 0 fully saturated rings. The lowest BCUT2D eigenvalue weighted by molar-refractivity contribution is 0.196. The van der Waals surface area contributed by atoms with Gasteiger partial charge in [-0.15, -0.1) is 0 Å². The summed E-state index contributed by atoms with van der Waals surface area (Å²) in [6.07, 6.45) is 1.62. The quantitative estimate of drug-likeness (QED) is 0.716. The van der Waals surface area contributed by atoms with Crippen molar-refractivity contribution in [2.75, 3.05) is 5.75 Å². The fourth-order valence-corrected chi connectivity index (χ4v) is 1.37. The molecule has 0 spiro atoms. The second-order valence-corrected chi connectivity index (χ2v) is 3.80. The van der Waals surface area contributed by atoms with Crippen molar-refractivity contribution in [1.82, 2.24) is 0 Å². The van der Waals surface area contributed by atoms with Gasteiger partial charge in [0.1, 0.15) is 0 Å². The highest BCUT2D eigenvalue weighted by Crippen LogP contribution is 2.13. The first-order valence-electron chi connectivity index (χ1n) is 3.23. The summed E-state index contributed by atoms with van der Waals surface area (Å²) in [4.78, 5) is 0. The number of hydrogen-bond donors (Lipinski definition) is 1. The normalized spacial score (nSPS) is 17.6. The van der Waals surface area contributed by atoms with E-state index >= 15 is 0 Å². The summed E-state index contributed by atoms with van der Waals surface area (Å²) in [7, 11) is 0. The number of thioether (sulfide) groups is 1.